The number of benzene rings is 2. The first-order valence-corrected chi connectivity index (χ1v) is 9.18. The highest BCUT2D eigenvalue weighted by Crippen LogP contribution is 2.20. The van der Waals surface area contributed by atoms with Crippen molar-refractivity contribution < 1.29 is 9.18 Å². The first-order chi connectivity index (χ1) is 14.0. The minimum atomic E-state index is -0.391. The zero-order chi connectivity index (χ0) is 20.4. The second-order valence-electron chi connectivity index (χ2n) is 6.79. The maximum absolute atomic E-state index is 14.0. The third-order valence-electron chi connectivity index (χ3n) is 4.75. The van der Waals surface area contributed by atoms with Gasteiger partial charge >= 0.3 is 0 Å². The normalized spacial score (nSPS) is 10.9. The predicted molar refractivity (Wildman–Crippen MR) is 108 cm³/mol. The van der Waals surface area contributed by atoms with Gasteiger partial charge in [0.1, 0.15) is 11.5 Å². The van der Waals surface area contributed by atoms with Gasteiger partial charge in [0.2, 0.25) is 0 Å². The van der Waals surface area contributed by atoms with Crippen molar-refractivity contribution in [3.8, 4) is 16.8 Å². The van der Waals surface area contributed by atoms with Crippen molar-refractivity contribution in [2.24, 2.45) is 7.05 Å². The Morgan fingerprint density at radius 1 is 1.07 bits per heavy atom. The fourth-order valence-electron chi connectivity index (χ4n) is 3.21. The standard InChI is InChI=1S/C22H20FN5O/c1-15-19(13-26-28(15)21-9-4-3-8-20(21)23)22(29)24-11-16-6-5-7-17(10-16)18-12-25-27(2)14-18/h3-10,12-14H,11H2,1-2H3,(H,24,29). The number of aryl methyl sites for hydroxylation is 1. The smallest absolute Gasteiger partial charge is 0.255 e. The zero-order valence-corrected chi connectivity index (χ0v) is 16.1. The largest absolute Gasteiger partial charge is 0.348 e. The monoisotopic (exact) mass is 389 g/mol. The third-order valence-corrected chi connectivity index (χ3v) is 4.75. The number of nitrogens with zero attached hydrogens (tertiary/aromatic N) is 4. The molecule has 146 valence electrons. The molecule has 0 saturated heterocycles. The van der Waals surface area contributed by atoms with Crippen LogP contribution in [0.3, 0.4) is 0 Å². The van der Waals surface area contributed by atoms with Gasteiger partial charge in [-0.15, -0.1) is 0 Å². The lowest BCUT2D eigenvalue weighted by Gasteiger charge is -2.08. The molecule has 2 heterocycles. The van der Waals surface area contributed by atoms with Crippen LogP contribution >= 0.6 is 0 Å². The van der Waals surface area contributed by atoms with Crippen LogP contribution in [0.15, 0.2) is 67.1 Å². The molecule has 0 saturated carbocycles. The summed E-state index contributed by atoms with van der Waals surface area (Å²) in [4.78, 5) is 12.7. The summed E-state index contributed by atoms with van der Waals surface area (Å²) in [5, 5.41) is 11.3. The number of hydrogen-bond acceptors (Lipinski definition) is 3. The van der Waals surface area contributed by atoms with Gasteiger partial charge in [-0.2, -0.15) is 10.2 Å². The number of carbonyl (C=O) groups excluding carboxylic acids is 1. The topological polar surface area (TPSA) is 64.7 Å². The van der Waals surface area contributed by atoms with E-state index in [2.05, 4.69) is 15.5 Å². The Kier molecular flexibility index (Phi) is 4.95. The number of rotatable bonds is 5. The fourth-order valence-corrected chi connectivity index (χ4v) is 3.21. The van der Waals surface area contributed by atoms with Crippen LogP contribution in [0.4, 0.5) is 4.39 Å². The van der Waals surface area contributed by atoms with Gasteiger partial charge in [-0.1, -0.05) is 30.3 Å². The molecular weight excluding hydrogens is 369 g/mol. The van der Waals surface area contributed by atoms with Crippen LogP contribution in [-0.4, -0.2) is 25.5 Å². The molecule has 0 aliphatic heterocycles. The van der Waals surface area contributed by atoms with Crippen molar-refractivity contribution >= 4 is 5.91 Å². The van der Waals surface area contributed by atoms with Crippen LogP contribution in [-0.2, 0) is 13.6 Å². The molecule has 4 aromatic rings. The summed E-state index contributed by atoms with van der Waals surface area (Å²) >= 11 is 0. The van der Waals surface area contributed by atoms with Gasteiger partial charge in [0.05, 0.1) is 23.7 Å². The molecule has 4 rings (SSSR count). The quantitative estimate of drug-likeness (QED) is 0.567. The van der Waals surface area contributed by atoms with E-state index in [-0.39, 0.29) is 5.91 Å². The molecule has 0 fully saturated rings. The van der Waals surface area contributed by atoms with Gasteiger partial charge in [0.15, 0.2) is 0 Å². The molecule has 0 atom stereocenters. The van der Waals surface area contributed by atoms with E-state index in [0.29, 0.717) is 23.5 Å². The molecule has 0 aliphatic carbocycles. The molecule has 1 N–H and O–H groups in total. The summed E-state index contributed by atoms with van der Waals surface area (Å²) < 4.78 is 17.2. The Labute approximate surface area is 167 Å². The molecular formula is C22H20FN5O. The SMILES string of the molecule is Cc1c(C(=O)NCc2cccc(-c3cnn(C)c3)c2)cnn1-c1ccccc1F. The van der Waals surface area contributed by atoms with Crippen LogP contribution in [0.1, 0.15) is 21.6 Å². The van der Waals surface area contributed by atoms with Crippen LogP contribution in [0.25, 0.3) is 16.8 Å². The molecule has 2 aromatic heterocycles. The van der Waals surface area contributed by atoms with Crippen molar-refractivity contribution in [1.82, 2.24) is 24.9 Å². The second kappa shape index (κ2) is 7.71. The number of hydrogen-bond donors (Lipinski definition) is 1. The summed E-state index contributed by atoms with van der Waals surface area (Å²) in [5.41, 5.74) is 4.33. The van der Waals surface area contributed by atoms with E-state index in [1.165, 1.54) is 16.9 Å². The first kappa shape index (κ1) is 18.6. The Balaban J connectivity index is 1.49. The molecule has 0 bridgehead atoms. The average Bonchev–Trinajstić information content (AvgIpc) is 3.33. The van der Waals surface area contributed by atoms with Gasteiger partial charge in [-0.25, -0.2) is 9.07 Å². The minimum Gasteiger partial charge on any atom is -0.348 e. The van der Waals surface area contributed by atoms with E-state index in [0.717, 1.165) is 16.7 Å². The fraction of sp³-hybridized carbons (Fsp3) is 0.136. The number of para-hydroxylation sites is 1. The molecule has 6 nitrogen and oxygen atoms in total. The van der Waals surface area contributed by atoms with Crippen molar-refractivity contribution in [3.05, 3.63) is 89.8 Å². The summed E-state index contributed by atoms with van der Waals surface area (Å²) in [6.45, 7) is 2.12. The van der Waals surface area contributed by atoms with Crippen molar-refractivity contribution in [2.75, 3.05) is 0 Å². The summed E-state index contributed by atoms with van der Waals surface area (Å²) in [6.07, 6.45) is 5.21. The zero-order valence-electron chi connectivity index (χ0n) is 16.1. The van der Waals surface area contributed by atoms with Gasteiger partial charge in [0, 0.05) is 25.4 Å². The molecule has 0 unspecified atom stereocenters. The summed E-state index contributed by atoms with van der Waals surface area (Å²) in [7, 11) is 1.87. The Bertz CT molecular complexity index is 1180. The minimum absolute atomic E-state index is 0.253. The van der Waals surface area contributed by atoms with Crippen molar-refractivity contribution in [3.63, 3.8) is 0 Å². The van der Waals surface area contributed by atoms with Gasteiger partial charge in [0.25, 0.3) is 5.91 Å². The Hall–Kier alpha value is -3.74. The Morgan fingerprint density at radius 2 is 1.90 bits per heavy atom. The van der Waals surface area contributed by atoms with E-state index >= 15 is 0 Å². The van der Waals surface area contributed by atoms with Crippen LogP contribution in [0, 0.1) is 12.7 Å². The van der Waals surface area contributed by atoms with Crippen LogP contribution < -0.4 is 5.32 Å². The van der Waals surface area contributed by atoms with E-state index in [1.807, 2.05) is 37.5 Å². The van der Waals surface area contributed by atoms with Crippen LogP contribution in [0.2, 0.25) is 0 Å². The highest BCUT2D eigenvalue weighted by atomic mass is 19.1. The van der Waals surface area contributed by atoms with Gasteiger partial charge < -0.3 is 5.32 Å². The molecule has 29 heavy (non-hydrogen) atoms. The van der Waals surface area contributed by atoms with E-state index in [4.69, 9.17) is 0 Å². The molecule has 1 amide bonds. The Morgan fingerprint density at radius 3 is 2.66 bits per heavy atom. The molecule has 0 aliphatic rings. The number of halogens is 1. The molecule has 0 radical (unpaired) electrons. The lowest BCUT2D eigenvalue weighted by molar-refractivity contribution is 0.0950. The highest BCUT2D eigenvalue weighted by Gasteiger charge is 2.16. The average molecular weight is 389 g/mol. The van der Waals surface area contributed by atoms with E-state index in [9.17, 15) is 9.18 Å². The summed E-state index contributed by atoms with van der Waals surface area (Å²) in [5.74, 6) is -0.644. The van der Waals surface area contributed by atoms with Crippen molar-refractivity contribution in [2.45, 2.75) is 13.5 Å². The lowest BCUT2D eigenvalue weighted by atomic mass is 10.1. The second-order valence-corrected chi connectivity index (χ2v) is 6.79. The molecule has 7 heteroatoms. The van der Waals surface area contributed by atoms with E-state index < -0.39 is 5.82 Å². The maximum Gasteiger partial charge on any atom is 0.255 e. The third kappa shape index (κ3) is 3.80. The number of aromatic nitrogens is 4. The van der Waals surface area contributed by atoms with Crippen molar-refractivity contribution in [1.29, 1.82) is 0 Å². The number of nitrogens with one attached hydrogen (secondary N) is 1. The molecule has 2 aromatic carbocycles. The predicted octanol–water partition coefficient (Wildman–Crippen LogP) is 3.65. The highest BCUT2D eigenvalue weighted by molar-refractivity contribution is 5.95. The lowest BCUT2D eigenvalue weighted by Crippen LogP contribution is -2.23. The number of carbonyl (C=O) groups is 1. The van der Waals surface area contributed by atoms with Gasteiger partial charge in [-0.3, -0.25) is 9.48 Å². The molecule has 0 spiro atoms. The van der Waals surface area contributed by atoms with Gasteiger partial charge in [-0.05, 0) is 36.2 Å². The number of amides is 1. The summed E-state index contributed by atoms with van der Waals surface area (Å²) in [6, 6.07) is 14.3. The first-order valence-electron chi connectivity index (χ1n) is 9.18. The van der Waals surface area contributed by atoms with Crippen LogP contribution in [0.5, 0.6) is 0 Å². The van der Waals surface area contributed by atoms with E-state index in [1.54, 1.807) is 36.0 Å². The maximum atomic E-state index is 14.0.